The minimum atomic E-state index is -4.41. The van der Waals surface area contributed by atoms with Crippen LogP contribution < -0.4 is 10.1 Å². The zero-order valence-corrected chi connectivity index (χ0v) is 19.5. The second kappa shape index (κ2) is 11.5. The summed E-state index contributed by atoms with van der Waals surface area (Å²) >= 11 is 0. The molecule has 0 aliphatic carbocycles. The van der Waals surface area contributed by atoms with Gasteiger partial charge in [-0.1, -0.05) is 29.8 Å². The van der Waals surface area contributed by atoms with Gasteiger partial charge in [-0.05, 0) is 43.2 Å². The number of aromatic nitrogens is 2. The van der Waals surface area contributed by atoms with Crippen molar-refractivity contribution in [2.75, 3.05) is 25.5 Å². The SMILES string of the molecule is Cc1ccc(CCN(C)C(=O)Cn2cc(NC(=O)CCOc3ccc(C(F)(F)F)cc3)cn2)cc1. The van der Waals surface area contributed by atoms with E-state index >= 15 is 0 Å². The smallest absolute Gasteiger partial charge is 0.416 e. The van der Waals surface area contributed by atoms with Crippen LogP contribution in [0.4, 0.5) is 18.9 Å². The summed E-state index contributed by atoms with van der Waals surface area (Å²) in [5, 5.41) is 6.76. The molecule has 2 aromatic carbocycles. The molecule has 1 heterocycles. The summed E-state index contributed by atoms with van der Waals surface area (Å²) in [5.74, 6) is -0.218. The molecule has 0 unspecified atom stereocenters. The fraction of sp³-hybridized carbons (Fsp3) is 0.320. The molecule has 0 saturated carbocycles. The van der Waals surface area contributed by atoms with Gasteiger partial charge < -0.3 is 15.0 Å². The van der Waals surface area contributed by atoms with E-state index in [1.807, 2.05) is 31.2 Å². The minimum absolute atomic E-state index is 0.00437. The largest absolute Gasteiger partial charge is 0.493 e. The summed E-state index contributed by atoms with van der Waals surface area (Å²) in [4.78, 5) is 26.2. The molecule has 10 heteroatoms. The first-order chi connectivity index (χ1) is 16.6. The number of nitrogens with zero attached hydrogens (tertiary/aromatic N) is 3. The quantitative estimate of drug-likeness (QED) is 0.461. The molecule has 3 rings (SSSR count). The van der Waals surface area contributed by atoms with Gasteiger partial charge in [0, 0.05) is 19.8 Å². The summed E-state index contributed by atoms with van der Waals surface area (Å²) in [7, 11) is 1.74. The van der Waals surface area contributed by atoms with E-state index in [1.165, 1.54) is 28.6 Å². The van der Waals surface area contributed by atoms with Crippen LogP contribution in [0.3, 0.4) is 0 Å². The maximum Gasteiger partial charge on any atom is 0.416 e. The molecule has 35 heavy (non-hydrogen) atoms. The van der Waals surface area contributed by atoms with Gasteiger partial charge in [0.1, 0.15) is 12.3 Å². The Morgan fingerprint density at radius 2 is 1.77 bits per heavy atom. The molecule has 0 saturated heterocycles. The number of likely N-dealkylation sites (N-methyl/N-ethyl adjacent to an activating group) is 1. The van der Waals surface area contributed by atoms with E-state index in [1.54, 1.807) is 18.1 Å². The molecule has 0 aliphatic rings. The van der Waals surface area contributed by atoms with Gasteiger partial charge >= 0.3 is 6.18 Å². The average Bonchev–Trinajstić information content (AvgIpc) is 3.24. The number of anilines is 1. The number of hydrogen-bond donors (Lipinski definition) is 1. The van der Waals surface area contributed by atoms with Crippen LogP contribution in [0.1, 0.15) is 23.1 Å². The second-order valence-corrected chi connectivity index (χ2v) is 8.15. The van der Waals surface area contributed by atoms with E-state index in [9.17, 15) is 22.8 Å². The Balaban J connectivity index is 1.39. The Kier molecular flexibility index (Phi) is 8.51. The van der Waals surface area contributed by atoms with Crippen LogP contribution >= 0.6 is 0 Å². The number of carbonyl (C=O) groups is 2. The zero-order valence-electron chi connectivity index (χ0n) is 19.5. The molecule has 7 nitrogen and oxygen atoms in total. The standard InChI is InChI=1S/C25H27F3N4O3/c1-18-3-5-19(6-4-18)11-13-31(2)24(34)17-32-16-21(15-29-32)30-23(33)12-14-35-22-9-7-20(8-10-22)25(26,27)28/h3-10,15-16H,11-14,17H2,1-2H3,(H,30,33). The lowest BCUT2D eigenvalue weighted by atomic mass is 10.1. The van der Waals surface area contributed by atoms with Crippen LogP contribution in [0, 0.1) is 6.92 Å². The van der Waals surface area contributed by atoms with Crippen LogP contribution in [0.5, 0.6) is 5.75 Å². The van der Waals surface area contributed by atoms with Gasteiger partial charge in [-0.3, -0.25) is 14.3 Å². The van der Waals surface area contributed by atoms with Gasteiger partial charge in [-0.15, -0.1) is 0 Å². The van der Waals surface area contributed by atoms with Crippen molar-refractivity contribution in [3.63, 3.8) is 0 Å². The van der Waals surface area contributed by atoms with Crippen molar-refractivity contribution in [2.24, 2.45) is 0 Å². The van der Waals surface area contributed by atoms with Gasteiger partial charge in [0.05, 0.1) is 30.5 Å². The van der Waals surface area contributed by atoms with Gasteiger partial charge in [0.25, 0.3) is 0 Å². The second-order valence-electron chi connectivity index (χ2n) is 8.15. The van der Waals surface area contributed by atoms with E-state index in [4.69, 9.17) is 4.74 Å². The highest BCUT2D eigenvalue weighted by atomic mass is 19.4. The lowest BCUT2D eigenvalue weighted by molar-refractivity contribution is -0.137. The maximum absolute atomic E-state index is 12.6. The van der Waals surface area contributed by atoms with Crippen LogP contribution in [-0.2, 0) is 28.7 Å². The fourth-order valence-corrected chi connectivity index (χ4v) is 3.18. The third-order valence-electron chi connectivity index (χ3n) is 5.28. The molecule has 0 aliphatic heterocycles. The molecule has 1 N–H and O–H groups in total. The number of benzene rings is 2. The number of carbonyl (C=O) groups excluding carboxylic acids is 2. The van der Waals surface area contributed by atoms with Crippen molar-refractivity contribution in [3.05, 3.63) is 77.6 Å². The molecule has 0 atom stereocenters. The van der Waals surface area contributed by atoms with Crippen molar-refractivity contribution in [3.8, 4) is 5.75 Å². The number of nitrogens with one attached hydrogen (secondary N) is 1. The Labute approximate surface area is 201 Å². The first-order valence-corrected chi connectivity index (χ1v) is 11.0. The molecule has 2 amide bonds. The van der Waals surface area contributed by atoms with Crippen molar-refractivity contribution in [1.29, 1.82) is 0 Å². The van der Waals surface area contributed by atoms with Crippen LogP contribution in [0.2, 0.25) is 0 Å². The maximum atomic E-state index is 12.6. The van der Waals surface area contributed by atoms with E-state index in [2.05, 4.69) is 10.4 Å². The summed E-state index contributed by atoms with van der Waals surface area (Å²) in [5.41, 5.74) is 2.00. The normalized spacial score (nSPS) is 11.2. The van der Waals surface area contributed by atoms with Crippen LogP contribution in [0.15, 0.2) is 60.9 Å². The van der Waals surface area contributed by atoms with Gasteiger partial charge in [0.15, 0.2) is 0 Å². The predicted octanol–water partition coefficient (Wildman–Crippen LogP) is 4.32. The Morgan fingerprint density at radius 1 is 1.09 bits per heavy atom. The molecular formula is C25H27F3N4O3. The summed E-state index contributed by atoms with van der Waals surface area (Å²) in [6.07, 6.45) is -0.677. The molecule has 0 radical (unpaired) electrons. The number of alkyl halides is 3. The van der Waals surface area contributed by atoms with E-state index < -0.39 is 11.7 Å². The number of halogens is 3. The molecule has 0 fully saturated rings. The number of hydrogen-bond acceptors (Lipinski definition) is 4. The topological polar surface area (TPSA) is 76.5 Å². The molecule has 1 aromatic heterocycles. The monoisotopic (exact) mass is 488 g/mol. The molecule has 186 valence electrons. The highest BCUT2D eigenvalue weighted by Gasteiger charge is 2.30. The van der Waals surface area contributed by atoms with Crippen molar-refractivity contribution in [1.82, 2.24) is 14.7 Å². The van der Waals surface area contributed by atoms with E-state index in [0.717, 1.165) is 24.1 Å². The highest BCUT2D eigenvalue weighted by molar-refractivity contribution is 5.90. The number of amides is 2. The molecular weight excluding hydrogens is 461 g/mol. The van der Waals surface area contributed by atoms with E-state index in [0.29, 0.717) is 12.2 Å². The van der Waals surface area contributed by atoms with E-state index in [-0.39, 0.29) is 37.1 Å². The highest BCUT2D eigenvalue weighted by Crippen LogP contribution is 2.30. The fourth-order valence-electron chi connectivity index (χ4n) is 3.18. The van der Waals surface area contributed by atoms with Crippen molar-refractivity contribution >= 4 is 17.5 Å². The zero-order chi connectivity index (χ0) is 25.4. The molecule has 0 spiro atoms. The Bertz CT molecular complexity index is 1130. The minimum Gasteiger partial charge on any atom is -0.493 e. The lowest BCUT2D eigenvalue weighted by Gasteiger charge is -2.17. The van der Waals surface area contributed by atoms with Crippen LogP contribution in [0.25, 0.3) is 0 Å². The Hall–Kier alpha value is -3.82. The van der Waals surface area contributed by atoms with Crippen LogP contribution in [-0.4, -0.2) is 46.7 Å². The first-order valence-electron chi connectivity index (χ1n) is 11.0. The predicted molar refractivity (Wildman–Crippen MR) is 125 cm³/mol. The lowest BCUT2D eigenvalue weighted by Crippen LogP contribution is -2.32. The summed E-state index contributed by atoms with van der Waals surface area (Å²) < 4.78 is 44.5. The number of aryl methyl sites for hydroxylation is 1. The third-order valence-corrected chi connectivity index (χ3v) is 5.28. The van der Waals surface area contributed by atoms with Crippen molar-refractivity contribution in [2.45, 2.75) is 32.5 Å². The van der Waals surface area contributed by atoms with Gasteiger partial charge in [-0.25, -0.2) is 0 Å². The molecule has 0 bridgehead atoms. The first kappa shape index (κ1) is 25.8. The Morgan fingerprint density at radius 3 is 2.43 bits per heavy atom. The van der Waals surface area contributed by atoms with Gasteiger partial charge in [0.2, 0.25) is 11.8 Å². The summed E-state index contributed by atoms with van der Waals surface area (Å²) in [6, 6.07) is 12.4. The number of ether oxygens (including phenoxy) is 1. The molecule has 3 aromatic rings. The number of rotatable bonds is 10. The average molecular weight is 489 g/mol. The third kappa shape index (κ3) is 8.16. The van der Waals surface area contributed by atoms with Gasteiger partial charge in [-0.2, -0.15) is 18.3 Å². The van der Waals surface area contributed by atoms with Crippen molar-refractivity contribution < 1.29 is 27.5 Å². The summed E-state index contributed by atoms with van der Waals surface area (Å²) in [6.45, 7) is 2.63.